The zero-order valence-electron chi connectivity index (χ0n) is 9.16. The molecule has 1 aromatic heterocycles. The highest BCUT2D eigenvalue weighted by molar-refractivity contribution is 9.10. The molecule has 2 rings (SSSR count). The van der Waals surface area contributed by atoms with Crippen molar-refractivity contribution in [1.82, 2.24) is 4.98 Å². The van der Waals surface area contributed by atoms with Crippen molar-refractivity contribution in [2.45, 2.75) is 6.42 Å². The van der Waals surface area contributed by atoms with E-state index in [4.69, 9.17) is 0 Å². The quantitative estimate of drug-likeness (QED) is 0.811. The number of rotatable bonds is 3. The largest absolute Gasteiger partial charge is 0.294 e. The molecule has 0 aliphatic heterocycles. The van der Waals surface area contributed by atoms with Crippen molar-refractivity contribution < 1.29 is 13.6 Å². The van der Waals surface area contributed by atoms with Crippen molar-refractivity contribution in [1.29, 1.82) is 0 Å². The van der Waals surface area contributed by atoms with Crippen LogP contribution >= 0.6 is 15.9 Å². The highest BCUT2D eigenvalue weighted by Crippen LogP contribution is 2.18. The van der Waals surface area contributed by atoms with Gasteiger partial charge in [0.25, 0.3) is 0 Å². The summed E-state index contributed by atoms with van der Waals surface area (Å²) in [4.78, 5) is 15.4. The molecule has 5 heteroatoms. The molecule has 2 aromatic rings. The van der Waals surface area contributed by atoms with E-state index in [0.717, 1.165) is 6.20 Å². The zero-order valence-corrected chi connectivity index (χ0v) is 10.7. The summed E-state index contributed by atoms with van der Waals surface area (Å²) in [5.41, 5.74) is 0.148. The minimum Gasteiger partial charge on any atom is -0.294 e. The van der Waals surface area contributed by atoms with Crippen LogP contribution in [-0.2, 0) is 6.42 Å². The van der Waals surface area contributed by atoms with Gasteiger partial charge in [0.05, 0.1) is 11.8 Å². The number of hydrogen-bond acceptors (Lipinski definition) is 2. The van der Waals surface area contributed by atoms with Gasteiger partial charge in [-0.2, -0.15) is 0 Å². The topological polar surface area (TPSA) is 30.0 Å². The molecule has 0 unspecified atom stereocenters. The van der Waals surface area contributed by atoms with Gasteiger partial charge in [0, 0.05) is 17.1 Å². The number of carbonyl (C=O) groups excluding carboxylic acids is 1. The average Bonchev–Trinajstić information content (AvgIpc) is 2.34. The van der Waals surface area contributed by atoms with Crippen LogP contribution in [-0.4, -0.2) is 10.8 Å². The lowest BCUT2D eigenvalue weighted by atomic mass is 10.0. The number of carbonyl (C=O) groups is 1. The molecule has 0 N–H and O–H groups in total. The number of hydrogen-bond donors (Lipinski definition) is 0. The van der Waals surface area contributed by atoms with Crippen LogP contribution in [0.2, 0.25) is 0 Å². The molecular weight excluding hydrogens is 304 g/mol. The molecular formula is C13H8BrF2NO. The maximum absolute atomic E-state index is 13.5. The second kappa shape index (κ2) is 5.35. The lowest BCUT2D eigenvalue weighted by molar-refractivity contribution is 0.0988. The minimum atomic E-state index is -0.696. The van der Waals surface area contributed by atoms with Gasteiger partial charge in [-0.15, -0.1) is 0 Å². The Bertz CT molecular complexity index is 601. The van der Waals surface area contributed by atoms with E-state index in [9.17, 15) is 13.6 Å². The summed E-state index contributed by atoms with van der Waals surface area (Å²) in [6, 6.07) is 5.59. The third kappa shape index (κ3) is 2.79. The molecule has 0 bridgehead atoms. The van der Waals surface area contributed by atoms with E-state index in [-0.39, 0.29) is 17.5 Å². The van der Waals surface area contributed by atoms with E-state index in [2.05, 4.69) is 20.9 Å². The molecule has 0 aliphatic rings. The van der Waals surface area contributed by atoms with E-state index in [1.165, 1.54) is 30.5 Å². The van der Waals surface area contributed by atoms with Crippen molar-refractivity contribution in [3.05, 3.63) is 63.9 Å². The predicted octanol–water partition coefficient (Wildman–Crippen LogP) is 3.55. The maximum Gasteiger partial charge on any atom is 0.170 e. The van der Waals surface area contributed by atoms with Crippen LogP contribution in [0.15, 0.2) is 41.1 Å². The van der Waals surface area contributed by atoms with Crippen LogP contribution in [0.3, 0.4) is 0 Å². The molecule has 2 nitrogen and oxygen atoms in total. The highest BCUT2D eigenvalue weighted by atomic mass is 79.9. The van der Waals surface area contributed by atoms with E-state index < -0.39 is 17.4 Å². The van der Waals surface area contributed by atoms with Crippen molar-refractivity contribution in [3.8, 4) is 0 Å². The fourth-order valence-corrected chi connectivity index (χ4v) is 1.96. The predicted molar refractivity (Wildman–Crippen MR) is 66.3 cm³/mol. The van der Waals surface area contributed by atoms with E-state index in [0.29, 0.717) is 4.47 Å². The number of halogens is 3. The Morgan fingerprint density at radius 2 is 2.00 bits per heavy atom. The summed E-state index contributed by atoms with van der Waals surface area (Å²) < 4.78 is 27.5. The first kappa shape index (κ1) is 12.8. The molecule has 0 radical (unpaired) electrons. The zero-order chi connectivity index (χ0) is 13.1. The number of nitrogens with zero attached hydrogens (tertiary/aromatic N) is 1. The van der Waals surface area contributed by atoms with Crippen molar-refractivity contribution in [2.24, 2.45) is 0 Å². The SMILES string of the molecule is O=C(Cc1cc(Br)ccc1F)c1ccncc1F. The van der Waals surface area contributed by atoms with Crippen LogP contribution in [0.4, 0.5) is 8.78 Å². The summed E-state index contributed by atoms with van der Waals surface area (Å²) in [5, 5.41) is 0. The van der Waals surface area contributed by atoms with Crippen LogP contribution in [0, 0.1) is 11.6 Å². The van der Waals surface area contributed by atoms with Crippen LogP contribution in [0.5, 0.6) is 0 Å². The van der Waals surface area contributed by atoms with E-state index in [1.54, 1.807) is 0 Å². The first-order valence-corrected chi connectivity index (χ1v) is 5.94. The highest BCUT2D eigenvalue weighted by Gasteiger charge is 2.14. The number of Topliss-reactive ketones (excluding diaryl/α,β-unsaturated/α-hetero) is 1. The molecule has 18 heavy (non-hydrogen) atoms. The lowest BCUT2D eigenvalue weighted by Crippen LogP contribution is -2.07. The number of benzene rings is 1. The van der Waals surface area contributed by atoms with Gasteiger partial charge in [-0.25, -0.2) is 8.78 Å². The van der Waals surface area contributed by atoms with Gasteiger partial charge in [-0.3, -0.25) is 9.78 Å². The fourth-order valence-electron chi connectivity index (χ4n) is 1.55. The van der Waals surface area contributed by atoms with Crippen LogP contribution in [0.25, 0.3) is 0 Å². The monoisotopic (exact) mass is 311 g/mol. The molecule has 0 saturated carbocycles. The van der Waals surface area contributed by atoms with Crippen LogP contribution < -0.4 is 0 Å². The Kier molecular flexibility index (Phi) is 3.81. The summed E-state index contributed by atoms with van der Waals surface area (Å²) in [6.45, 7) is 0. The Labute approximate surface area is 111 Å². The first-order chi connectivity index (χ1) is 8.58. The van der Waals surface area contributed by atoms with Gasteiger partial charge in [-0.1, -0.05) is 15.9 Å². The molecule has 0 amide bonds. The summed E-state index contributed by atoms with van der Waals surface area (Å²) in [6.07, 6.45) is 2.10. The van der Waals surface area contributed by atoms with Gasteiger partial charge < -0.3 is 0 Å². The standard InChI is InChI=1S/C13H8BrF2NO/c14-9-1-2-11(15)8(5-9)6-13(18)10-3-4-17-7-12(10)16/h1-5,7H,6H2. The second-order valence-corrected chi connectivity index (χ2v) is 4.61. The molecule has 0 fully saturated rings. The number of pyridine rings is 1. The Morgan fingerprint density at radius 1 is 1.22 bits per heavy atom. The second-order valence-electron chi connectivity index (χ2n) is 3.69. The van der Waals surface area contributed by atoms with E-state index >= 15 is 0 Å². The molecule has 0 aliphatic carbocycles. The van der Waals surface area contributed by atoms with Gasteiger partial charge in [0.1, 0.15) is 5.82 Å². The minimum absolute atomic E-state index is 0.0793. The van der Waals surface area contributed by atoms with Gasteiger partial charge in [0.15, 0.2) is 11.6 Å². The van der Waals surface area contributed by atoms with Crippen molar-refractivity contribution >= 4 is 21.7 Å². The van der Waals surface area contributed by atoms with Gasteiger partial charge in [-0.05, 0) is 29.8 Å². The van der Waals surface area contributed by atoms with Crippen LogP contribution in [0.1, 0.15) is 15.9 Å². The summed E-state index contributed by atoms with van der Waals surface area (Å²) in [7, 11) is 0. The number of aromatic nitrogens is 1. The van der Waals surface area contributed by atoms with Crippen molar-refractivity contribution in [3.63, 3.8) is 0 Å². The molecule has 0 spiro atoms. The Balaban J connectivity index is 2.27. The summed E-state index contributed by atoms with van der Waals surface area (Å²) in [5.74, 6) is -1.66. The number of ketones is 1. The van der Waals surface area contributed by atoms with E-state index in [1.807, 2.05) is 0 Å². The van der Waals surface area contributed by atoms with Gasteiger partial charge >= 0.3 is 0 Å². The smallest absolute Gasteiger partial charge is 0.170 e. The molecule has 1 aromatic carbocycles. The lowest BCUT2D eigenvalue weighted by Gasteiger charge is -2.04. The first-order valence-electron chi connectivity index (χ1n) is 5.14. The fraction of sp³-hybridized carbons (Fsp3) is 0.0769. The molecule has 1 heterocycles. The Morgan fingerprint density at radius 3 is 2.72 bits per heavy atom. The normalized spacial score (nSPS) is 10.4. The van der Waals surface area contributed by atoms with Crippen molar-refractivity contribution in [2.75, 3.05) is 0 Å². The third-order valence-electron chi connectivity index (χ3n) is 2.43. The maximum atomic E-state index is 13.5. The molecule has 0 atom stereocenters. The van der Waals surface area contributed by atoms with Gasteiger partial charge in [0.2, 0.25) is 0 Å². The summed E-state index contributed by atoms with van der Waals surface area (Å²) >= 11 is 3.19. The average molecular weight is 312 g/mol. The third-order valence-corrected chi connectivity index (χ3v) is 2.92. The Hall–Kier alpha value is -1.62. The molecule has 92 valence electrons. The molecule has 0 saturated heterocycles.